The first-order chi connectivity index (χ1) is 15.9. The Hall–Kier alpha value is -3.53. The van der Waals surface area contributed by atoms with Gasteiger partial charge in [-0.05, 0) is 37.6 Å². The van der Waals surface area contributed by atoms with Gasteiger partial charge in [-0.3, -0.25) is 9.69 Å². The van der Waals surface area contributed by atoms with Gasteiger partial charge in [-0.25, -0.2) is 18.4 Å². The molecule has 0 aliphatic carbocycles. The van der Waals surface area contributed by atoms with E-state index in [9.17, 15) is 23.2 Å². The minimum absolute atomic E-state index is 0.0119. The second-order valence-electron chi connectivity index (χ2n) is 7.49. The Balaban J connectivity index is 1.54. The minimum Gasteiger partial charge on any atom is -0.462 e. The van der Waals surface area contributed by atoms with E-state index in [4.69, 9.17) is 4.74 Å². The van der Waals surface area contributed by atoms with Crippen LogP contribution >= 0.6 is 0 Å². The third-order valence-corrected chi connectivity index (χ3v) is 5.11. The molecule has 2 N–H and O–H groups in total. The molecule has 8 nitrogen and oxygen atoms in total. The highest BCUT2D eigenvalue weighted by atomic mass is 19.1. The topological polar surface area (TPSA) is 91.0 Å². The van der Waals surface area contributed by atoms with Gasteiger partial charge in [0.25, 0.3) is 0 Å². The van der Waals surface area contributed by atoms with E-state index in [0.717, 1.165) is 6.07 Å². The summed E-state index contributed by atoms with van der Waals surface area (Å²) in [6, 6.07) is 9.21. The van der Waals surface area contributed by atoms with Gasteiger partial charge in [0.1, 0.15) is 11.6 Å². The molecule has 1 heterocycles. The lowest BCUT2D eigenvalue weighted by Crippen LogP contribution is -2.39. The number of hydrogen-bond acceptors (Lipinski definition) is 5. The molecule has 2 aromatic carbocycles. The molecule has 0 radical (unpaired) electrons. The van der Waals surface area contributed by atoms with E-state index >= 15 is 0 Å². The van der Waals surface area contributed by atoms with Crippen molar-refractivity contribution >= 4 is 29.3 Å². The van der Waals surface area contributed by atoms with Crippen LogP contribution in [0.4, 0.5) is 25.0 Å². The molecule has 0 aromatic heterocycles. The highest BCUT2D eigenvalue weighted by Gasteiger charge is 2.22. The highest BCUT2D eigenvalue weighted by molar-refractivity contribution is 6.00. The summed E-state index contributed by atoms with van der Waals surface area (Å²) in [5.74, 6) is -2.51. The molecule has 0 atom stereocenters. The molecule has 1 fully saturated rings. The Morgan fingerprint density at radius 2 is 1.76 bits per heavy atom. The smallest absolute Gasteiger partial charge is 0.340 e. The first-order valence-electron chi connectivity index (χ1n) is 10.7. The summed E-state index contributed by atoms with van der Waals surface area (Å²) >= 11 is 0. The average Bonchev–Trinajstić information content (AvgIpc) is 3.02. The quantitative estimate of drug-likeness (QED) is 0.646. The van der Waals surface area contributed by atoms with Crippen molar-refractivity contribution in [1.29, 1.82) is 0 Å². The SMILES string of the molecule is CCOC(=O)c1ccccc1NC(=O)N1CCCN(CC(=O)Nc2ccc(F)cc2F)CC1. The van der Waals surface area contributed by atoms with Gasteiger partial charge in [-0.15, -0.1) is 0 Å². The number of esters is 1. The zero-order valence-corrected chi connectivity index (χ0v) is 18.3. The van der Waals surface area contributed by atoms with Gasteiger partial charge in [-0.1, -0.05) is 12.1 Å². The number of halogens is 2. The molecule has 10 heteroatoms. The van der Waals surface area contributed by atoms with Crippen molar-refractivity contribution in [3.63, 3.8) is 0 Å². The maximum Gasteiger partial charge on any atom is 0.340 e. The number of hydrogen-bond donors (Lipinski definition) is 2. The number of rotatable bonds is 6. The molecule has 1 aliphatic heterocycles. The second kappa shape index (κ2) is 11.4. The Morgan fingerprint density at radius 3 is 2.52 bits per heavy atom. The van der Waals surface area contributed by atoms with Gasteiger partial charge in [0.15, 0.2) is 0 Å². The summed E-state index contributed by atoms with van der Waals surface area (Å²) in [5, 5.41) is 5.20. The number of nitrogens with one attached hydrogen (secondary N) is 2. The minimum atomic E-state index is -0.842. The molecule has 1 saturated heterocycles. The molecule has 0 spiro atoms. The molecule has 0 saturated carbocycles. The van der Waals surface area contributed by atoms with Crippen molar-refractivity contribution in [2.75, 3.05) is 50.0 Å². The van der Waals surface area contributed by atoms with E-state index in [1.165, 1.54) is 6.07 Å². The lowest BCUT2D eigenvalue weighted by atomic mass is 10.2. The molecule has 176 valence electrons. The van der Waals surface area contributed by atoms with Crippen molar-refractivity contribution in [3.05, 3.63) is 59.7 Å². The van der Waals surface area contributed by atoms with Crippen molar-refractivity contribution in [2.45, 2.75) is 13.3 Å². The van der Waals surface area contributed by atoms with E-state index in [2.05, 4.69) is 10.6 Å². The summed E-state index contributed by atoms with van der Waals surface area (Å²) in [4.78, 5) is 40.7. The predicted molar refractivity (Wildman–Crippen MR) is 119 cm³/mol. The van der Waals surface area contributed by atoms with Crippen LogP contribution < -0.4 is 10.6 Å². The fourth-order valence-corrected chi connectivity index (χ4v) is 3.49. The fourth-order valence-electron chi connectivity index (χ4n) is 3.49. The maximum absolute atomic E-state index is 13.7. The molecular weight excluding hydrogens is 434 g/mol. The molecule has 33 heavy (non-hydrogen) atoms. The second-order valence-corrected chi connectivity index (χ2v) is 7.49. The number of ether oxygens (including phenoxy) is 1. The number of benzene rings is 2. The first-order valence-corrected chi connectivity index (χ1v) is 10.7. The van der Waals surface area contributed by atoms with Crippen molar-refractivity contribution in [2.24, 2.45) is 0 Å². The third kappa shape index (κ3) is 6.72. The first kappa shape index (κ1) is 24.1. The van der Waals surface area contributed by atoms with Gasteiger partial charge in [0.2, 0.25) is 5.91 Å². The number of amides is 3. The molecule has 1 aliphatic rings. The predicted octanol–water partition coefficient (Wildman–Crippen LogP) is 3.32. The normalized spacial score (nSPS) is 14.3. The summed E-state index contributed by atoms with van der Waals surface area (Å²) in [5.41, 5.74) is 0.550. The summed E-state index contributed by atoms with van der Waals surface area (Å²) < 4.78 is 31.8. The maximum atomic E-state index is 13.7. The van der Waals surface area contributed by atoms with E-state index in [0.29, 0.717) is 44.4 Å². The summed E-state index contributed by atoms with van der Waals surface area (Å²) in [6.45, 7) is 3.79. The lowest BCUT2D eigenvalue weighted by molar-refractivity contribution is -0.117. The number of urea groups is 1. The Morgan fingerprint density at radius 1 is 0.970 bits per heavy atom. The monoisotopic (exact) mass is 460 g/mol. The molecule has 0 unspecified atom stereocenters. The summed E-state index contributed by atoms with van der Waals surface area (Å²) in [7, 11) is 0. The molecule has 0 bridgehead atoms. The van der Waals surface area contributed by atoms with Crippen LogP contribution in [-0.4, -0.2) is 67.0 Å². The Bertz CT molecular complexity index is 1020. The Labute approximate surface area is 190 Å². The molecule has 3 rings (SSSR count). The Kier molecular flexibility index (Phi) is 8.31. The number of carbonyl (C=O) groups is 3. The van der Waals surface area contributed by atoms with Crippen molar-refractivity contribution < 1.29 is 27.9 Å². The molecular formula is C23H26F2N4O4. The van der Waals surface area contributed by atoms with E-state index in [1.807, 2.05) is 4.90 Å². The summed E-state index contributed by atoms with van der Waals surface area (Å²) in [6.07, 6.45) is 0.630. The van der Waals surface area contributed by atoms with Crippen LogP contribution in [0.5, 0.6) is 0 Å². The van der Waals surface area contributed by atoms with Crippen LogP contribution in [0.3, 0.4) is 0 Å². The van der Waals surface area contributed by atoms with Crippen LogP contribution in [0.15, 0.2) is 42.5 Å². The molecule has 2 aromatic rings. The van der Waals surface area contributed by atoms with Crippen LogP contribution in [0.1, 0.15) is 23.7 Å². The zero-order chi connectivity index (χ0) is 23.8. The fraction of sp³-hybridized carbons (Fsp3) is 0.348. The van der Waals surface area contributed by atoms with Crippen molar-refractivity contribution in [1.82, 2.24) is 9.80 Å². The van der Waals surface area contributed by atoms with Gasteiger partial charge in [-0.2, -0.15) is 0 Å². The van der Waals surface area contributed by atoms with Gasteiger partial charge >= 0.3 is 12.0 Å². The standard InChI is InChI=1S/C23H26F2N4O4/c1-2-33-22(31)17-6-3-4-7-19(17)27-23(32)29-11-5-10-28(12-13-29)15-21(30)26-20-9-8-16(24)14-18(20)25/h3-4,6-9,14H,2,5,10-13,15H2,1H3,(H,26,30)(H,27,32). The third-order valence-electron chi connectivity index (χ3n) is 5.11. The zero-order valence-electron chi connectivity index (χ0n) is 18.3. The van der Waals surface area contributed by atoms with Gasteiger partial charge in [0, 0.05) is 32.2 Å². The van der Waals surface area contributed by atoms with Crippen molar-refractivity contribution in [3.8, 4) is 0 Å². The highest BCUT2D eigenvalue weighted by Crippen LogP contribution is 2.18. The van der Waals surface area contributed by atoms with E-state index in [-0.39, 0.29) is 30.4 Å². The average molecular weight is 460 g/mol. The number of para-hydroxylation sites is 1. The van der Waals surface area contributed by atoms with Gasteiger partial charge < -0.3 is 20.3 Å². The van der Waals surface area contributed by atoms with Gasteiger partial charge in [0.05, 0.1) is 30.1 Å². The largest absolute Gasteiger partial charge is 0.462 e. The van der Waals surface area contributed by atoms with Crippen LogP contribution in [0, 0.1) is 11.6 Å². The number of nitrogens with zero attached hydrogens (tertiary/aromatic N) is 2. The van der Waals surface area contributed by atoms with E-state index in [1.54, 1.807) is 36.1 Å². The number of anilines is 2. The molecule has 3 amide bonds. The van der Waals surface area contributed by atoms with Crippen LogP contribution in [0.25, 0.3) is 0 Å². The number of carbonyl (C=O) groups excluding carboxylic acids is 3. The van der Waals surface area contributed by atoms with Crippen LogP contribution in [0.2, 0.25) is 0 Å². The van der Waals surface area contributed by atoms with E-state index < -0.39 is 23.5 Å². The lowest BCUT2D eigenvalue weighted by Gasteiger charge is -2.22. The van der Waals surface area contributed by atoms with Crippen LogP contribution in [-0.2, 0) is 9.53 Å².